The van der Waals surface area contributed by atoms with E-state index >= 15 is 0 Å². The normalized spacial score (nSPS) is 11.1. The molecular formula is C14H19ClN2O. The first kappa shape index (κ1) is 14.6. The molecule has 1 rings (SSSR count). The molecule has 0 radical (unpaired) electrons. The van der Waals surface area contributed by atoms with Crippen LogP contribution in [0.15, 0.2) is 30.9 Å². The van der Waals surface area contributed by atoms with Crippen LogP contribution in [0, 0.1) is 0 Å². The number of nitrogens with two attached hydrogens (primary N) is 1. The van der Waals surface area contributed by atoms with E-state index in [1.54, 1.807) is 29.2 Å². The van der Waals surface area contributed by atoms with Gasteiger partial charge in [-0.25, -0.2) is 0 Å². The number of nitrogen functional groups attached to an aromatic ring is 1. The first-order valence-electron chi connectivity index (χ1n) is 5.76. The van der Waals surface area contributed by atoms with Crippen molar-refractivity contribution in [1.82, 2.24) is 4.90 Å². The molecule has 4 heteroatoms. The average molecular weight is 267 g/mol. The number of rotatable bonds is 3. The second kappa shape index (κ2) is 5.44. The van der Waals surface area contributed by atoms with Crippen molar-refractivity contribution in [3.05, 3.63) is 41.4 Å². The summed E-state index contributed by atoms with van der Waals surface area (Å²) in [6, 6.07) is 5.08. The fraction of sp³-hybridized carbons (Fsp3) is 0.357. The Bertz CT molecular complexity index is 463. The average Bonchev–Trinajstić information content (AvgIpc) is 2.27. The third-order valence-corrected chi connectivity index (χ3v) is 2.98. The van der Waals surface area contributed by atoms with E-state index in [1.165, 1.54) is 0 Å². The summed E-state index contributed by atoms with van der Waals surface area (Å²) in [4.78, 5) is 14.2. The van der Waals surface area contributed by atoms with E-state index in [2.05, 4.69) is 6.58 Å². The van der Waals surface area contributed by atoms with Crippen LogP contribution in [0.3, 0.4) is 0 Å². The smallest absolute Gasteiger partial charge is 0.256 e. The standard InChI is InChI=1S/C14H19ClN2O/c1-5-9-17(14(2,3)4)13(18)10-7-6-8-11(15)12(10)16/h5-8H,1,9,16H2,2-4H3. The van der Waals surface area contributed by atoms with Crippen LogP contribution in [-0.2, 0) is 0 Å². The van der Waals surface area contributed by atoms with Gasteiger partial charge in [-0.05, 0) is 32.9 Å². The zero-order valence-electron chi connectivity index (χ0n) is 11.0. The minimum absolute atomic E-state index is 0.137. The van der Waals surface area contributed by atoms with Crippen molar-refractivity contribution in [2.24, 2.45) is 0 Å². The summed E-state index contributed by atoms with van der Waals surface area (Å²) in [5, 5.41) is 0.397. The SMILES string of the molecule is C=CCN(C(=O)c1cccc(Cl)c1N)C(C)(C)C. The van der Waals surface area contributed by atoms with E-state index in [1.807, 2.05) is 20.8 Å². The number of hydrogen-bond donors (Lipinski definition) is 1. The number of benzene rings is 1. The van der Waals surface area contributed by atoms with Gasteiger partial charge in [-0.3, -0.25) is 4.79 Å². The van der Waals surface area contributed by atoms with Crippen LogP contribution in [0.25, 0.3) is 0 Å². The number of para-hydroxylation sites is 1. The van der Waals surface area contributed by atoms with Crippen molar-refractivity contribution in [3.63, 3.8) is 0 Å². The van der Waals surface area contributed by atoms with Gasteiger partial charge in [0.2, 0.25) is 0 Å². The molecule has 0 aliphatic heterocycles. The third kappa shape index (κ3) is 3.05. The molecule has 0 bridgehead atoms. The van der Waals surface area contributed by atoms with Crippen LogP contribution in [0.5, 0.6) is 0 Å². The minimum Gasteiger partial charge on any atom is -0.397 e. The van der Waals surface area contributed by atoms with E-state index in [-0.39, 0.29) is 11.4 Å². The van der Waals surface area contributed by atoms with Gasteiger partial charge in [0, 0.05) is 12.1 Å². The van der Waals surface area contributed by atoms with Gasteiger partial charge in [0.1, 0.15) is 0 Å². The molecule has 98 valence electrons. The molecule has 3 nitrogen and oxygen atoms in total. The van der Waals surface area contributed by atoms with Crippen molar-refractivity contribution < 1.29 is 4.79 Å². The second-order valence-electron chi connectivity index (χ2n) is 5.08. The van der Waals surface area contributed by atoms with Crippen LogP contribution in [-0.4, -0.2) is 22.9 Å². The van der Waals surface area contributed by atoms with Crippen molar-refractivity contribution in [2.75, 3.05) is 12.3 Å². The van der Waals surface area contributed by atoms with Crippen molar-refractivity contribution in [3.8, 4) is 0 Å². The lowest BCUT2D eigenvalue weighted by atomic mass is 10.0. The largest absolute Gasteiger partial charge is 0.397 e. The predicted molar refractivity (Wildman–Crippen MR) is 76.9 cm³/mol. The molecule has 0 heterocycles. The number of carbonyl (C=O) groups excluding carboxylic acids is 1. The topological polar surface area (TPSA) is 46.3 Å². The fourth-order valence-corrected chi connectivity index (χ4v) is 1.83. The van der Waals surface area contributed by atoms with Crippen LogP contribution >= 0.6 is 11.6 Å². The van der Waals surface area contributed by atoms with Crippen molar-refractivity contribution in [2.45, 2.75) is 26.3 Å². The minimum atomic E-state index is -0.306. The second-order valence-corrected chi connectivity index (χ2v) is 5.48. The Labute approximate surface area is 113 Å². The van der Waals surface area contributed by atoms with E-state index in [4.69, 9.17) is 17.3 Å². The maximum atomic E-state index is 12.5. The first-order valence-corrected chi connectivity index (χ1v) is 6.13. The van der Waals surface area contributed by atoms with Gasteiger partial charge in [0.25, 0.3) is 5.91 Å². The molecule has 0 fully saturated rings. The summed E-state index contributed by atoms with van der Waals surface area (Å²) in [7, 11) is 0. The zero-order chi connectivity index (χ0) is 13.9. The van der Waals surface area contributed by atoms with Crippen LogP contribution in [0.2, 0.25) is 5.02 Å². The van der Waals surface area contributed by atoms with Gasteiger partial charge in [0.05, 0.1) is 16.3 Å². The lowest BCUT2D eigenvalue weighted by Crippen LogP contribution is -2.45. The highest BCUT2D eigenvalue weighted by molar-refractivity contribution is 6.33. The van der Waals surface area contributed by atoms with Crippen LogP contribution in [0.4, 0.5) is 5.69 Å². The molecule has 0 atom stereocenters. The summed E-state index contributed by atoms with van der Waals surface area (Å²) < 4.78 is 0. The summed E-state index contributed by atoms with van der Waals surface area (Å²) in [6.07, 6.45) is 1.70. The monoisotopic (exact) mass is 266 g/mol. The van der Waals surface area contributed by atoms with Gasteiger partial charge in [-0.15, -0.1) is 6.58 Å². The molecule has 0 aliphatic carbocycles. The Morgan fingerprint density at radius 3 is 2.61 bits per heavy atom. The molecular weight excluding hydrogens is 248 g/mol. The Morgan fingerprint density at radius 2 is 2.11 bits per heavy atom. The van der Waals surface area contributed by atoms with E-state index in [9.17, 15) is 4.79 Å². The van der Waals surface area contributed by atoms with E-state index in [0.717, 1.165) is 0 Å². The summed E-state index contributed by atoms with van der Waals surface area (Å²) >= 11 is 5.94. The number of hydrogen-bond acceptors (Lipinski definition) is 2. The number of amides is 1. The van der Waals surface area contributed by atoms with Gasteiger partial charge < -0.3 is 10.6 Å². The fourth-order valence-electron chi connectivity index (χ4n) is 1.66. The van der Waals surface area contributed by atoms with Crippen LogP contribution in [0.1, 0.15) is 31.1 Å². The van der Waals surface area contributed by atoms with E-state index in [0.29, 0.717) is 22.8 Å². The highest BCUT2D eigenvalue weighted by Crippen LogP contribution is 2.26. The number of carbonyl (C=O) groups is 1. The highest BCUT2D eigenvalue weighted by atomic mass is 35.5. The van der Waals surface area contributed by atoms with Crippen LogP contribution < -0.4 is 5.73 Å². The lowest BCUT2D eigenvalue weighted by molar-refractivity contribution is 0.0618. The molecule has 0 saturated carbocycles. The van der Waals surface area contributed by atoms with Crippen molar-refractivity contribution >= 4 is 23.2 Å². The molecule has 0 aromatic heterocycles. The Hall–Kier alpha value is -1.48. The molecule has 1 amide bonds. The maximum absolute atomic E-state index is 12.5. The summed E-state index contributed by atoms with van der Waals surface area (Å²) in [6.45, 7) is 10.0. The van der Waals surface area contributed by atoms with Gasteiger partial charge in [0.15, 0.2) is 0 Å². The molecule has 0 spiro atoms. The van der Waals surface area contributed by atoms with Gasteiger partial charge in [-0.1, -0.05) is 23.7 Å². The Morgan fingerprint density at radius 1 is 1.50 bits per heavy atom. The molecule has 2 N–H and O–H groups in total. The Kier molecular flexibility index (Phi) is 4.41. The molecule has 1 aromatic rings. The highest BCUT2D eigenvalue weighted by Gasteiger charge is 2.27. The quantitative estimate of drug-likeness (QED) is 0.674. The molecule has 18 heavy (non-hydrogen) atoms. The van der Waals surface area contributed by atoms with Crippen molar-refractivity contribution in [1.29, 1.82) is 0 Å². The molecule has 0 aliphatic rings. The van der Waals surface area contributed by atoms with Gasteiger partial charge >= 0.3 is 0 Å². The lowest BCUT2D eigenvalue weighted by Gasteiger charge is -2.35. The molecule has 0 saturated heterocycles. The first-order chi connectivity index (χ1) is 8.29. The van der Waals surface area contributed by atoms with Gasteiger partial charge in [-0.2, -0.15) is 0 Å². The predicted octanol–water partition coefficient (Wildman–Crippen LogP) is 3.35. The summed E-state index contributed by atoms with van der Waals surface area (Å²) in [5.41, 5.74) is 6.30. The number of anilines is 1. The molecule has 0 unspecified atom stereocenters. The zero-order valence-corrected chi connectivity index (χ0v) is 11.8. The number of nitrogens with zero attached hydrogens (tertiary/aromatic N) is 1. The third-order valence-electron chi connectivity index (χ3n) is 2.65. The summed E-state index contributed by atoms with van der Waals surface area (Å²) in [5.74, 6) is -0.137. The maximum Gasteiger partial charge on any atom is 0.256 e. The van der Waals surface area contributed by atoms with E-state index < -0.39 is 0 Å². The molecule has 1 aromatic carbocycles. The number of halogens is 1. The Balaban J connectivity index is 3.18.